The number of cyclic esters (lactones) is 1. The number of anilines is 2. The number of ether oxygens (including phenoxy) is 1. The van der Waals surface area contributed by atoms with E-state index in [0.717, 1.165) is 0 Å². The van der Waals surface area contributed by atoms with E-state index in [9.17, 15) is 14.4 Å². The molecule has 0 bridgehead atoms. The van der Waals surface area contributed by atoms with Gasteiger partial charge in [0, 0.05) is 18.4 Å². The summed E-state index contributed by atoms with van der Waals surface area (Å²) >= 11 is 0. The zero-order chi connectivity index (χ0) is 19.1. The summed E-state index contributed by atoms with van der Waals surface area (Å²) in [7, 11) is 1.55. The van der Waals surface area contributed by atoms with Gasteiger partial charge in [-0.1, -0.05) is 6.07 Å². The Kier molecular flexibility index (Phi) is 3.91. The molecule has 3 aromatic rings. The molecule has 1 N–H and O–H groups in total. The average Bonchev–Trinajstić information content (AvgIpc) is 3.21. The van der Waals surface area contributed by atoms with Crippen molar-refractivity contribution >= 4 is 34.5 Å². The van der Waals surface area contributed by atoms with E-state index in [1.807, 2.05) is 0 Å². The second-order valence-electron chi connectivity index (χ2n) is 6.14. The summed E-state index contributed by atoms with van der Waals surface area (Å²) < 4.78 is 11.7. The van der Waals surface area contributed by atoms with Crippen LogP contribution < -0.4 is 15.8 Å². The second-order valence-corrected chi connectivity index (χ2v) is 6.14. The summed E-state index contributed by atoms with van der Waals surface area (Å²) in [5.74, 6) is -0.185. The molecule has 1 saturated heterocycles. The van der Waals surface area contributed by atoms with Gasteiger partial charge in [-0.2, -0.15) is 0 Å². The zero-order valence-electron chi connectivity index (χ0n) is 14.7. The zero-order valence-corrected chi connectivity index (χ0v) is 14.7. The highest BCUT2D eigenvalue weighted by Gasteiger charge is 2.25. The minimum Gasteiger partial charge on any atom is -0.447 e. The molecule has 1 aliphatic heterocycles. The number of nitrogens with zero attached hydrogens (tertiary/aromatic N) is 3. The number of nitrogens with one attached hydrogen (secondary N) is 1. The number of benzene rings is 1. The molecule has 138 valence electrons. The average molecular weight is 368 g/mol. The molecule has 0 atom stereocenters. The Morgan fingerprint density at radius 3 is 2.85 bits per heavy atom. The first kappa shape index (κ1) is 16.8. The first-order chi connectivity index (χ1) is 13.0. The maximum absolute atomic E-state index is 12.8. The summed E-state index contributed by atoms with van der Waals surface area (Å²) in [6, 6.07) is 6.83. The normalized spacial score (nSPS) is 13.9. The predicted molar refractivity (Wildman–Crippen MR) is 97.1 cm³/mol. The third-order valence-corrected chi connectivity index (χ3v) is 4.35. The molecule has 1 fully saturated rings. The lowest BCUT2D eigenvalue weighted by Crippen LogP contribution is -2.23. The van der Waals surface area contributed by atoms with E-state index < -0.39 is 12.0 Å². The lowest BCUT2D eigenvalue weighted by Gasteiger charge is -2.14. The topological polar surface area (TPSA) is 107 Å². The number of carbonyl (C=O) groups is 2. The molecule has 2 amide bonds. The Morgan fingerprint density at radius 2 is 2.11 bits per heavy atom. The van der Waals surface area contributed by atoms with Crippen LogP contribution in [0.15, 0.2) is 39.8 Å². The summed E-state index contributed by atoms with van der Waals surface area (Å²) in [6.45, 7) is 2.38. The van der Waals surface area contributed by atoms with Crippen molar-refractivity contribution in [3.8, 4) is 0 Å². The summed E-state index contributed by atoms with van der Waals surface area (Å²) in [5.41, 5.74) is 0.989. The minimum atomic E-state index is -0.488. The molecule has 9 nitrogen and oxygen atoms in total. The fourth-order valence-corrected chi connectivity index (χ4v) is 3.03. The molecule has 2 aromatic heterocycles. The van der Waals surface area contributed by atoms with Gasteiger partial charge in [0.05, 0.1) is 12.1 Å². The molecular formula is C18H16N4O5. The Balaban J connectivity index is 1.68. The number of furan rings is 1. The fourth-order valence-electron chi connectivity index (χ4n) is 3.03. The van der Waals surface area contributed by atoms with E-state index in [2.05, 4.69) is 10.3 Å². The number of amides is 2. The Hall–Kier alpha value is -3.62. The van der Waals surface area contributed by atoms with Gasteiger partial charge >= 0.3 is 6.09 Å². The van der Waals surface area contributed by atoms with Crippen LogP contribution in [0.2, 0.25) is 0 Å². The number of aryl methyl sites for hydroxylation is 2. The number of hydrogen-bond donors (Lipinski definition) is 1. The van der Waals surface area contributed by atoms with Crippen LogP contribution in [0, 0.1) is 6.92 Å². The van der Waals surface area contributed by atoms with Gasteiger partial charge < -0.3 is 19.0 Å². The Morgan fingerprint density at radius 1 is 1.30 bits per heavy atom. The number of fused-ring (bicyclic) bond motifs is 1. The van der Waals surface area contributed by atoms with Crippen LogP contribution in [0.1, 0.15) is 16.1 Å². The van der Waals surface area contributed by atoms with Crippen LogP contribution in [-0.2, 0) is 11.8 Å². The molecule has 27 heavy (non-hydrogen) atoms. The SMILES string of the molecule is Cc1oc2ncn(C)c(=O)c2c1C(=O)Nc1cccc(N2CCOC2=O)c1. The largest absolute Gasteiger partial charge is 0.447 e. The molecule has 4 rings (SSSR count). The van der Waals surface area contributed by atoms with Crippen molar-refractivity contribution in [2.75, 3.05) is 23.4 Å². The molecule has 9 heteroatoms. The Labute approximate surface area is 153 Å². The quantitative estimate of drug-likeness (QED) is 0.758. The van der Waals surface area contributed by atoms with E-state index in [-0.39, 0.29) is 22.2 Å². The van der Waals surface area contributed by atoms with Crippen LogP contribution in [-0.4, -0.2) is 34.7 Å². The van der Waals surface area contributed by atoms with Crippen LogP contribution in [0.5, 0.6) is 0 Å². The Bertz CT molecular complexity index is 1130. The molecule has 0 aliphatic carbocycles. The van der Waals surface area contributed by atoms with Gasteiger partial charge in [-0.05, 0) is 25.1 Å². The van der Waals surface area contributed by atoms with Crippen LogP contribution in [0.3, 0.4) is 0 Å². The van der Waals surface area contributed by atoms with E-state index in [4.69, 9.17) is 9.15 Å². The van der Waals surface area contributed by atoms with Gasteiger partial charge in [-0.15, -0.1) is 0 Å². The molecule has 0 unspecified atom stereocenters. The highest BCUT2D eigenvalue weighted by Crippen LogP contribution is 2.25. The van der Waals surface area contributed by atoms with Crippen molar-refractivity contribution in [1.82, 2.24) is 9.55 Å². The summed E-state index contributed by atoms with van der Waals surface area (Å²) in [6.07, 6.45) is 0.915. The maximum Gasteiger partial charge on any atom is 0.414 e. The van der Waals surface area contributed by atoms with Crippen molar-refractivity contribution in [3.63, 3.8) is 0 Å². The van der Waals surface area contributed by atoms with Crippen LogP contribution in [0.4, 0.5) is 16.2 Å². The number of aromatic nitrogens is 2. The molecule has 1 aliphatic rings. The molecule has 3 heterocycles. The van der Waals surface area contributed by atoms with E-state index in [1.165, 1.54) is 15.8 Å². The van der Waals surface area contributed by atoms with Gasteiger partial charge in [0.15, 0.2) is 0 Å². The highest BCUT2D eigenvalue weighted by atomic mass is 16.6. The van der Waals surface area contributed by atoms with E-state index in [1.54, 1.807) is 38.2 Å². The molecule has 0 spiro atoms. The monoisotopic (exact) mass is 368 g/mol. The predicted octanol–water partition coefficient (Wildman–Crippen LogP) is 2.04. The summed E-state index contributed by atoms with van der Waals surface area (Å²) in [4.78, 5) is 42.5. The maximum atomic E-state index is 12.8. The van der Waals surface area contributed by atoms with Gasteiger partial charge in [0.1, 0.15) is 24.1 Å². The van der Waals surface area contributed by atoms with E-state index >= 15 is 0 Å². The third kappa shape index (κ3) is 2.82. The second kappa shape index (κ2) is 6.27. The van der Waals surface area contributed by atoms with Crippen molar-refractivity contribution in [1.29, 1.82) is 0 Å². The molecular weight excluding hydrogens is 352 g/mol. The van der Waals surface area contributed by atoms with Crippen molar-refractivity contribution in [2.45, 2.75) is 6.92 Å². The first-order valence-electron chi connectivity index (χ1n) is 8.26. The first-order valence-corrected chi connectivity index (χ1v) is 8.26. The standard InChI is InChI=1S/C18H16N4O5/c1-10-13(14-16(27-10)19-9-21(2)17(14)24)15(23)20-11-4-3-5-12(8-11)22-6-7-26-18(22)25/h3-5,8-9H,6-7H2,1-2H3,(H,20,23). The van der Waals surface area contributed by atoms with Crippen molar-refractivity contribution in [2.24, 2.45) is 7.05 Å². The third-order valence-electron chi connectivity index (χ3n) is 4.35. The van der Waals surface area contributed by atoms with Crippen molar-refractivity contribution in [3.05, 3.63) is 52.3 Å². The highest BCUT2D eigenvalue weighted by molar-refractivity contribution is 6.12. The van der Waals surface area contributed by atoms with Crippen molar-refractivity contribution < 1.29 is 18.7 Å². The van der Waals surface area contributed by atoms with Gasteiger partial charge in [-0.3, -0.25) is 14.5 Å². The number of rotatable bonds is 3. The van der Waals surface area contributed by atoms with Gasteiger partial charge in [0.25, 0.3) is 11.5 Å². The fraction of sp³-hybridized carbons (Fsp3) is 0.222. The molecule has 0 saturated carbocycles. The van der Waals surface area contributed by atoms with E-state index in [0.29, 0.717) is 30.3 Å². The lowest BCUT2D eigenvalue weighted by atomic mass is 10.1. The molecule has 1 aromatic carbocycles. The van der Waals surface area contributed by atoms with Crippen LogP contribution >= 0.6 is 0 Å². The summed E-state index contributed by atoms with van der Waals surface area (Å²) in [5, 5.41) is 2.88. The van der Waals surface area contributed by atoms with Gasteiger partial charge in [-0.25, -0.2) is 9.78 Å². The number of hydrogen-bond acceptors (Lipinski definition) is 6. The van der Waals surface area contributed by atoms with Gasteiger partial charge in [0.2, 0.25) is 5.71 Å². The smallest absolute Gasteiger partial charge is 0.414 e. The lowest BCUT2D eigenvalue weighted by molar-refractivity contribution is 0.102. The number of carbonyl (C=O) groups excluding carboxylic acids is 2. The minimum absolute atomic E-state index is 0.120. The molecule has 0 radical (unpaired) electrons. The van der Waals surface area contributed by atoms with Crippen LogP contribution in [0.25, 0.3) is 11.1 Å².